The first-order valence-corrected chi connectivity index (χ1v) is 24.3. The van der Waals surface area contributed by atoms with Crippen molar-refractivity contribution in [1.82, 2.24) is 0 Å². The summed E-state index contributed by atoms with van der Waals surface area (Å²) in [6.07, 6.45) is 45.7. The van der Waals surface area contributed by atoms with Crippen LogP contribution in [-0.4, -0.2) is 86.1 Å². The van der Waals surface area contributed by atoms with Crippen molar-refractivity contribution >= 4 is 19.8 Å². The number of unbranched alkanes of at least 4 members (excludes halogenated alkanes) is 14. The highest BCUT2D eigenvalue weighted by Crippen LogP contribution is 2.43. The lowest BCUT2D eigenvalue weighted by Crippen LogP contribution is -2.37. The fraction of sp³-hybridized carbons (Fsp3) is 0.708. The van der Waals surface area contributed by atoms with Gasteiger partial charge in [0.25, 0.3) is 0 Å². The molecule has 2 N–H and O–H groups in total. The van der Waals surface area contributed by atoms with Crippen LogP contribution in [0, 0.1) is 0 Å². The Kier molecular flexibility index (Phi) is 37.8. The van der Waals surface area contributed by atoms with E-state index in [4.69, 9.17) is 18.5 Å². The summed E-state index contributed by atoms with van der Waals surface area (Å²) in [5, 5.41) is 10.4. The number of aliphatic hydroxyl groups excluding tert-OH is 1. The maximum atomic E-state index is 12.7. The number of phosphoric ester groups is 1. The minimum absolute atomic E-state index is 0.0129. The van der Waals surface area contributed by atoms with E-state index in [0.29, 0.717) is 17.4 Å². The van der Waals surface area contributed by atoms with Crippen molar-refractivity contribution in [3.8, 4) is 0 Å². The summed E-state index contributed by atoms with van der Waals surface area (Å²) in [5.74, 6) is -1.08. The molecule has 0 fully saturated rings. The lowest BCUT2D eigenvalue weighted by atomic mass is 10.0. The summed E-state index contributed by atoms with van der Waals surface area (Å²) >= 11 is 0. The van der Waals surface area contributed by atoms with E-state index in [2.05, 4.69) is 62.5 Å². The number of ether oxygens (including phenoxy) is 2. The van der Waals surface area contributed by atoms with Crippen LogP contribution in [0.5, 0.6) is 0 Å². The third kappa shape index (κ3) is 43.3. The molecule has 0 bridgehead atoms. The van der Waals surface area contributed by atoms with Gasteiger partial charge in [0.1, 0.15) is 19.8 Å². The van der Waals surface area contributed by atoms with Gasteiger partial charge in [-0.2, -0.15) is 0 Å². The molecular formula is C48H85NO9P+. The first-order valence-electron chi connectivity index (χ1n) is 22.8. The van der Waals surface area contributed by atoms with Crippen molar-refractivity contribution in [1.29, 1.82) is 0 Å². The lowest BCUT2D eigenvalue weighted by Gasteiger charge is -2.24. The van der Waals surface area contributed by atoms with Gasteiger partial charge in [0, 0.05) is 12.8 Å². The molecule has 3 atom stereocenters. The van der Waals surface area contributed by atoms with E-state index in [1.54, 1.807) is 12.2 Å². The molecule has 0 saturated carbocycles. The van der Waals surface area contributed by atoms with Gasteiger partial charge in [-0.3, -0.25) is 18.6 Å². The molecule has 0 aromatic heterocycles. The molecule has 0 rings (SSSR count). The number of carbonyl (C=O) groups is 2. The smallest absolute Gasteiger partial charge is 0.462 e. The average Bonchev–Trinajstić information content (AvgIpc) is 3.18. The molecular weight excluding hydrogens is 766 g/mol. The van der Waals surface area contributed by atoms with Gasteiger partial charge in [-0.1, -0.05) is 177 Å². The number of quaternary nitrogens is 1. The summed E-state index contributed by atoms with van der Waals surface area (Å²) in [6.45, 7) is 4.02. The Morgan fingerprint density at radius 2 is 1.10 bits per heavy atom. The summed E-state index contributed by atoms with van der Waals surface area (Å²) in [6, 6.07) is 0. The van der Waals surface area contributed by atoms with Gasteiger partial charge >= 0.3 is 19.8 Å². The van der Waals surface area contributed by atoms with Gasteiger partial charge in [-0.25, -0.2) is 4.57 Å². The van der Waals surface area contributed by atoms with Crippen molar-refractivity contribution in [2.45, 2.75) is 174 Å². The quantitative estimate of drug-likeness (QED) is 0.0155. The molecule has 0 aliphatic carbocycles. The standard InChI is InChI=1S/C48H84NO9P/c1-6-8-10-12-14-16-18-20-22-24-25-27-29-31-33-35-37-45(50)39-40-48(52)58-46(44-57-59(53,54)56-42-41-49(3,4)5)43-55-47(51)38-36-34-32-30-28-26-23-21-19-17-15-13-11-9-7-2/h8,10,14,16,20,22,25,27,31,33,35,37,45-46,50H,6-7,9,11-13,15,17-19,21,23-24,26,28-30,32,34,36,38-44H2,1-5H3/p+1/b10-8-,16-14-,22-20-,27-25-,33-31-,37-35-/t45?,46-/m1/s1. The number of likely N-dealkylation sites (N-methyl/N-ethyl adjacent to an activating group) is 1. The molecule has 0 spiro atoms. The Labute approximate surface area is 360 Å². The minimum atomic E-state index is -4.45. The van der Waals surface area contributed by atoms with Gasteiger partial charge < -0.3 is 24.0 Å². The Bertz CT molecular complexity index is 1250. The second-order valence-corrected chi connectivity index (χ2v) is 17.7. The van der Waals surface area contributed by atoms with Gasteiger partial charge in [-0.15, -0.1) is 0 Å². The topological polar surface area (TPSA) is 129 Å². The number of hydrogen-bond acceptors (Lipinski definition) is 8. The predicted octanol–water partition coefficient (Wildman–Crippen LogP) is 12.0. The molecule has 0 aliphatic heterocycles. The Balaban J connectivity index is 4.59. The second-order valence-electron chi connectivity index (χ2n) is 16.3. The predicted molar refractivity (Wildman–Crippen MR) is 244 cm³/mol. The van der Waals surface area contributed by atoms with Crippen molar-refractivity contribution < 1.29 is 47.2 Å². The van der Waals surface area contributed by atoms with E-state index in [-0.39, 0.29) is 32.5 Å². The normalized spacial score (nSPS) is 14.8. The van der Waals surface area contributed by atoms with Gasteiger partial charge in [0.2, 0.25) is 0 Å². The molecule has 11 heteroatoms. The molecule has 10 nitrogen and oxygen atoms in total. The lowest BCUT2D eigenvalue weighted by molar-refractivity contribution is -0.870. The Morgan fingerprint density at radius 3 is 1.61 bits per heavy atom. The molecule has 0 aromatic rings. The summed E-state index contributed by atoms with van der Waals surface area (Å²) < 4.78 is 34.1. The molecule has 0 radical (unpaired) electrons. The van der Waals surface area contributed by atoms with Crippen LogP contribution in [0.4, 0.5) is 0 Å². The molecule has 0 aromatic carbocycles. The van der Waals surface area contributed by atoms with E-state index in [9.17, 15) is 24.2 Å². The van der Waals surface area contributed by atoms with Gasteiger partial charge in [0.05, 0.1) is 33.9 Å². The van der Waals surface area contributed by atoms with Crippen molar-refractivity contribution in [3.05, 3.63) is 72.9 Å². The maximum absolute atomic E-state index is 12.7. The van der Waals surface area contributed by atoms with Crippen LogP contribution in [0.3, 0.4) is 0 Å². The van der Waals surface area contributed by atoms with Crippen LogP contribution in [0.15, 0.2) is 72.9 Å². The van der Waals surface area contributed by atoms with Crippen molar-refractivity contribution in [2.75, 3.05) is 47.5 Å². The number of hydrogen-bond donors (Lipinski definition) is 2. The van der Waals surface area contributed by atoms with Crippen LogP contribution in [0.25, 0.3) is 0 Å². The fourth-order valence-corrected chi connectivity index (χ4v) is 6.51. The fourth-order valence-electron chi connectivity index (χ4n) is 5.77. The van der Waals surface area contributed by atoms with Crippen LogP contribution < -0.4 is 0 Å². The number of rotatable bonds is 40. The number of nitrogens with zero attached hydrogens (tertiary/aromatic N) is 1. The molecule has 0 aliphatic rings. The van der Waals surface area contributed by atoms with E-state index < -0.39 is 38.6 Å². The molecule has 340 valence electrons. The number of phosphoric acid groups is 1. The largest absolute Gasteiger partial charge is 0.472 e. The highest BCUT2D eigenvalue weighted by molar-refractivity contribution is 7.47. The van der Waals surface area contributed by atoms with Crippen LogP contribution in [0.1, 0.15) is 162 Å². The highest BCUT2D eigenvalue weighted by Gasteiger charge is 2.27. The summed E-state index contributed by atoms with van der Waals surface area (Å²) in [7, 11) is 1.33. The summed E-state index contributed by atoms with van der Waals surface area (Å²) in [5.41, 5.74) is 0. The Morgan fingerprint density at radius 1 is 0.610 bits per heavy atom. The number of allylic oxidation sites excluding steroid dienone is 11. The third-order valence-corrected chi connectivity index (χ3v) is 10.4. The first kappa shape index (κ1) is 56.4. The van der Waals surface area contributed by atoms with E-state index in [1.807, 2.05) is 33.3 Å². The zero-order chi connectivity index (χ0) is 43.7. The zero-order valence-corrected chi connectivity index (χ0v) is 38.7. The Hall–Kier alpha value is -2.59. The summed E-state index contributed by atoms with van der Waals surface area (Å²) in [4.78, 5) is 35.4. The van der Waals surface area contributed by atoms with Gasteiger partial charge in [0.15, 0.2) is 6.10 Å². The van der Waals surface area contributed by atoms with Crippen LogP contribution in [0.2, 0.25) is 0 Å². The second kappa shape index (κ2) is 39.5. The molecule has 0 heterocycles. The molecule has 0 saturated heterocycles. The molecule has 2 unspecified atom stereocenters. The number of aliphatic hydroxyl groups is 1. The molecule has 0 amide bonds. The van der Waals surface area contributed by atoms with E-state index in [0.717, 1.165) is 51.4 Å². The average molecular weight is 851 g/mol. The van der Waals surface area contributed by atoms with Crippen LogP contribution in [-0.2, 0) is 32.7 Å². The SMILES string of the molecule is CC/C=C\C/C=C\C/C=C\C/C=C\C/C=C\C=C/C(O)CCC(=O)O[C@H](COC(=O)CCCCCCCCCCCCCCCCC)COP(=O)(O)OCC[N+](C)(C)C. The molecule has 59 heavy (non-hydrogen) atoms. The van der Waals surface area contributed by atoms with E-state index in [1.165, 1.54) is 70.6 Å². The van der Waals surface area contributed by atoms with Crippen LogP contribution >= 0.6 is 7.82 Å². The first-order chi connectivity index (χ1) is 28.4. The van der Waals surface area contributed by atoms with E-state index >= 15 is 0 Å². The number of carbonyl (C=O) groups excluding carboxylic acids is 2. The maximum Gasteiger partial charge on any atom is 0.472 e. The van der Waals surface area contributed by atoms with Gasteiger partial charge in [-0.05, 0) is 44.9 Å². The third-order valence-electron chi connectivity index (χ3n) is 9.37. The van der Waals surface area contributed by atoms with Crippen molar-refractivity contribution in [3.63, 3.8) is 0 Å². The minimum Gasteiger partial charge on any atom is -0.462 e. The van der Waals surface area contributed by atoms with Crippen molar-refractivity contribution in [2.24, 2.45) is 0 Å². The zero-order valence-electron chi connectivity index (χ0n) is 37.8. The monoisotopic (exact) mass is 851 g/mol. The highest BCUT2D eigenvalue weighted by atomic mass is 31.2. The number of esters is 2.